The molecule has 4 heteroatoms. The van der Waals surface area contributed by atoms with Crippen molar-refractivity contribution in [3.8, 4) is 0 Å². The summed E-state index contributed by atoms with van der Waals surface area (Å²) in [5, 5.41) is 8.74. The van der Waals surface area contributed by atoms with Gasteiger partial charge in [-0.2, -0.15) is 0 Å². The summed E-state index contributed by atoms with van der Waals surface area (Å²) in [7, 11) is 1.87. The number of carboxylic acid groups (broad SMARTS) is 1. The lowest BCUT2D eigenvalue weighted by molar-refractivity contribution is -0.140. The third-order valence-corrected chi connectivity index (χ3v) is 2.07. The summed E-state index contributed by atoms with van der Waals surface area (Å²) in [6.07, 6.45) is 3.38. The van der Waals surface area contributed by atoms with Gasteiger partial charge in [0.25, 0.3) is 0 Å². The Labute approximate surface area is 83.2 Å². The number of pyridine rings is 1. The van der Waals surface area contributed by atoms with Gasteiger partial charge in [-0.15, -0.1) is 0 Å². The maximum atomic E-state index is 10.6. The highest BCUT2D eigenvalue weighted by Crippen LogP contribution is 2.11. The highest BCUT2D eigenvalue weighted by atomic mass is 16.4. The molecular weight excluding hydrogens is 180 g/mol. The van der Waals surface area contributed by atoms with Crippen LogP contribution in [0.5, 0.6) is 0 Å². The first kappa shape index (κ1) is 10.5. The van der Waals surface area contributed by atoms with E-state index in [1.807, 2.05) is 24.1 Å². The monoisotopic (exact) mass is 194 g/mol. The van der Waals surface area contributed by atoms with Crippen molar-refractivity contribution in [3.05, 3.63) is 24.5 Å². The molecule has 0 amide bonds. The first-order chi connectivity index (χ1) is 6.61. The molecule has 0 radical (unpaired) electrons. The predicted octanol–water partition coefficient (Wildman–Crippen LogP) is 1.24. The standard InChI is InChI=1S/C10H14N2O2/c1-8(10(13)14)7-12(2)9-3-5-11-6-4-9/h3-6,8H,7H2,1-2H3,(H,13,14). The number of aromatic nitrogens is 1. The first-order valence-electron chi connectivity index (χ1n) is 4.45. The topological polar surface area (TPSA) is 53.4 Å². The van der Waals surface area contributed by atoms with Gasteiger partial charge in [0.15, 0.2) is 0 Å². The van der Waals surface area contributed by atoms with E-state index in [9.17, 15) is 4.79 Å². The van der Waals surface area contributed by atoms with Crippen molar-refractivity contribution in [3.63, 3.8) is 0 Å². The number of hydrogen-bond donors (Lipinski definition) is 1. The lowest BCUT2D eigenvalue weighted by Gasteiger charge is -2.20. The number of carboxylic acids is 1. The molecule has 0 aliphatic rings. The Balaban J connectivity index is 2.59. The molecule has 1 heterocycles. The summed E-state index contributed by atoms with van der Waals surface area (Å²) in [5.41, 5.74) is 0.980. The predicted molar refractivity (Wildman–Crippen MR) is 54.3 cm³/mol. The quantitative estimate of drug-likeness (QED) is 0.783. The van der Waals surface area contributed by atoms with E-state index in [0.29, 0.717) is 6.54 Å². The molecule has 0 bridgehead atoms. The number of hydrogen-bond acceptors (Lipinski definition) is 3. The highest BCUT2D eigenvalue weighted by molar-refractivity contribution is 5.70. The molecule has 0 spiro atoms. The highest BCUT2D eigenvalue weighted by Gasteiger charge is 2.13. The number of aliphatic carboxylic acids is 1. The molecule has 0 aliphatic heterocycles. The molecule has 1 atom stereocenters. The summed E-state index contributed by atoms with van der Waals surface area (Å²) in [6, 6.07) is 3.71. The van der Waals surface area contributed by atoms with Crippen LogP contribution in [0.15, 0.2) is 24.5 Å². The smallest absolute Gasteiger partial charge is 0.308 e. The molecule has 14 heavy (non-hydrogen) atoms. The van der Waals surface area contributed by atoms with Crippen LogP contribution in [0.1, 0.15) is 6.92 Å². The van der Waals surface area contributed by atoms with Crippen LogP contribution in [-0.2, 0) is 4.79 Å². The Morgan fingerprint density at radius 3 is 2.64 bits per heavy atom. The molecule has 0 saturated carbocycles. The lowest BCUT2D eigenvalue weighted by Crippen LogP contribution is -2.28. The van der Waals surface area contributed by atoms with Crippen LogP contribution in [0.4, 0.5) is 5.69 Å². The first-order valence-corrected chi connectivity index (χ1v) is 4.45. The van der Waals surface area contributed by atoms with Crippen LogP contribution in [-0.4, -0.2) is 29.7 Å². The summed E-state index contributed by atoms with van der Waals surface area (Å²) in [6.45, 7) is 2.19. The van der Waals surface area contributed by atoms with Crippen molar-refractivity contribution in [1.82, 2.24) is 4.98 Å². The van der Waals surface area contributed by atoms with E-state index in [2.05, 4.69) is 4.98 Å². The van der Waals surface area contributed by atoms with Gasteiger partial charge in [0.1, 0.15) is 0 Å². The lowest BCUT2D eigenvalue weighted by atomic mass is 10.1. The van der Waals surface area contributed by atoms with Gasteiger partial charge in [-0.1, -0.05) is 6.92 Å². The number of rotatable bonds is 4. The molecule has 0 aromatic carbocycles. The second kappa shape index (κ2) is 4.60. The van der Waals surface area contributed by atoms with Crippen molar-refractivity contribution in [2.24, 2.45) is 5.92 Å². The summed E-state index contributed by atoms with van der Waals surface area (Å²) in [5.74, 6) is -1.14. The molecule has 1 aromatic rings. The summed E-state index contributed by atoms with van der Waals surface area (Å²) in [4.78, 5) is 16.4. The van der Waals surface area contributed by atoms with E-state index in [1.54, 1.807) is 19.3 Å². The molecule has 4 nitrogen and oxygen atoms in total. The van der Waals surface area contributed by atoms with Gasteiger partial charge in [-0.3, -0.25) is 9.78 Å². The largest absolute Gasteiger partial charge is 0.481 e. The van der Waals surface area contributed by atoms with Crippen LogP contribution >= 0.6 is 0 Å². The third kappa shape index (κ3) is 2.73. The zero-order chi connectivity index (χ0) is 10.6. The zero-order valence-corrected chi connectivity index (χ0v) is 8.34. The molecule has 0 saturated heterocycles. The Kier molecular flexibility index (Phi) is 3.45. The Morgan fingerprint density at radius 1 is 1.57 bits per heavy atom. The van der Waals surface area contributed by atoms with E-state index >= 15 is 0 Å². The van der Waals surface area contributed by atoms with E-state index in [1.165, 1.54) is 0 Å². The fraction of sp³-hybridized carbons (Fsp3) is 0.400. The van der Waals surface area contributed by atoms with E-state index in [4.69, 9.17) is 5.11 Å². The van der Waals surface area contributed by atoms with Gasteiger partial charge in [-0.05, 0) is 12.1 Å². The van der Waals surface area contributed by atoms with Crippen LogP contribution in [0.25, 0.3) is 0 Å². The van der Waals surface area contributed by atoms with Gasteiger partial charge in [0.05, 0.1) is 5.92 Å². The minimum atomic E-state index is -0.772. The molecule has 1 rings (SSSR count). The van der Waals surface area contributed by atoms with Gasteiger partial charge in [-0.25, -0.2) is 0 Å². The maximum Gasteiger partial charge on any atom is 0.308 e. The summed E-state index contributed by atoms with van der Waals surface area (Å²) < 4.78 is 0. The van der Waals surface area contributed by atoms with Crippen molar-refractivity contribution >= 4 is 11.7 Å². The normalized spacial score (nSPS) is 12.1. The van der Waals surface area contributed by atoms with Crippen LogP contribution in [0.2, 0.25) is 0 Å². The van der Waals surface area contributed by atoms with Crippen LogP contribution < -0.4 is 4.90 Å². The molecular formula is C10H14N2O2. The Morgan fingerprint density at radius 2 is 2.14 bits per heavy atom. The number of carbonyl (C=O) groups is 1. The van der Waals surface area contributed by atoms with Crippen LogP contribution in [0.3, 0.4) is 0 Å². The molecule has 76 valence electrons. The van der Waals surface area contributed by atoms with Gasteiger partial charge in [0.2, 0.25) is 0 Å². The van der Waals surface area contributed by atoms with Crippen molar-refractivity contribution in [1.29, 1.82) is 0 Å². The average Bonchev–Trinajstić information content (AvgIpc) is 2.19. The van der Waals surface area contributed by atoms with E-state index in [-0.39, 0.29) is 5.92 Å². The second-order valence-corrected chi connectivity index (χ2v) is 3.33. The fourth-order valence-corrected chi connectivity index (χ4v) is 1.19. The van der Waals surface area contributed by atoms with E-state index < -0.39 is 5.97 Å². The van der Waals surface area contributed by atoms with Crippen LogP contribution in [0, 0.1) is 5.92 Å². The number of anilines is 1. The Hall–Kier alpha value is -1.58. The van der Waals surface area contributed by atoms with Crippen molar-refractivity contribution in [2.45, 2.75) is 6.92 Å². The SMILES string of the molecule is CC(CN(C)c1ccncc1)C(=O)O. The fourth-order valence-electron chi connectivity index (χ4n) is 1.19. The van der Waals surface area contributed by atoms with Crippen molar-refractivity contribution in [2.75, 3.05) is 18.5 Å². The van der Waals surface area contributed by atoms with E-state index in [0.717, 1.165) is 5.69 Å². The molecule has 1 unspecified atom stereocenters. The van der Waals surface area contributed by atoms with Crippen molar-refractivity contribution < 1.29 is 9.90 Å². The van der Waals surface area contributed by atoms with Gasteiger partial charge in [0, 0.05) is 31.7 Å². The number of nitrogens with zero attached hydrogens (tertiary/aromatic N) is 2. The average molecular weight is 194 g/mol. The van der Waals surface area contributed by atoms with Gasteiger partial charge < -0.3 is 10.0 Å². The zero-order valence-electron chi connectivity index (χ0n) is 8.34. The molecule has 0 aliphatic carbocycles. The maximum absolute atomic E-state index is 10.6. The minimum absolute atomic E-state index is 0.367. The van der Waals surface area contributed by atoms with Gasteiger partial charge >= 0.3 is 5.97 Å². The Bertz CT molecular complexity index is 300. The molecule has 1 aromatic heterocycles. The molecule has 0 fully saturated rings. The minimum Gasteiger partial charge on any atom is -0.481 e. The second-order valence-electron chi connectivity index (χ2n) is 3.33. The molecule has 1 N–H and O–H groups in total. The third-order valence-electron chi connectivity index (χ3n) is 2.07. The summed E-state index contributed by atoms with van der Waals surface area (Å²) >= 11 is 0.